The van der Waals surface area contributed by atoms with Crippen molar-refractivity contribution in [3.63, 3.8) is 0 Å². The van der Waals surface area contributed by atoms with E-state index in [9.17, 15) is 14.9 Å². The van der Waals surface area contributed by atoms with Crippen molar-refractivity contribution in [3.05, 3.63) is 49.3 Å². The Labute approximate surface area is 130 Å². The second kappa shape index (κ2) is 5.80. The molecule has 8 nitrogen and oxygen atoms in total. The second-order valence-electron chi connectivity index (χ2n) is 3.70. The summed E-state index contributed by atoms with van der Waals surface area (Å²) < 4.78 is 10.5. The number of halogens is 1. The van der Waals surface area contributed by atoms with Gasteiger partial charge in [-0.25, -0.2) is 4.79 Å². The van der Waals surface area contributed by atoms with Gasteiger partial charge in [-0.3, -0.25) is 10.1 Å². The lowest BCUT2D eigenvalue weighted by atomic mass is 10.2. The van der Waals surface area contributed by atoms with Gasteiger partial charge < -0.3 is 14.3 Å². The number of rotatable bonds is 4. The molecule has 0 unspecified atom stereocenters. The molecular formula is C12H5IN2O6. The molecule has 9 heteroatoms. The van der Waals surface area contributed by atoms with E-state index in [-0.39, 0.29) is 23.0 Å². The first-order chi connectivity index (χ1) is 9.92. The quantitative estimate of drug-likeness (QED) is 0.475. The summed E-state index contributed by atoms with van der Waals surface area (Å²) in [4.78, 5) is 21.0. The molecule has 0 fully saturated rings. The molecule has 0 saturated carbocycles. The van der Waals surface area contributed by atoms with E-state index in [1.807, 2.05) is 6.07 Å². The Hall–Kier alpha value is -2.61. The molecule has 0 radical (unpaired) electrons. The maximum atomic E-state index is 11.0. The maximum Gasteiger partial charge on any atom is 0.371 e. The molecule has 0 bridgehead atoms. The lowest BCUT2D eigenvalue weighted by Crippen LogP contribution is -1.97. The van der Waals surface area contributed by atoms with Crippen LogP contribution in [0.3, 0.4) is 0 Å². The highest BCUT2D eigenvalue weighted by molar-refractivity contribution is 14.1. The summed E-state index contributed by atoms with van der Waals surface area (Å²) in [6.07, 6.45) is 0. The summed E-state index contributed by atoms with van der Waals surface area (Å²) in [5.74, 6) is -1.95. The number of ether oxygens (including phenoxy) is 1. The number of carboxylic acids is 1. The van der Waals surface area contributed by atoms with Gasteiger partial charge >= 0.3 is 11.7 Å². The fraction of sp³-hybridized carbons (Fsp3) is 0. The Morgan fingerprint density at radius 3 is 2.71 bits per heavy atom. The van der Waals surface area contributed by atoms with Gasteiger partial charge in [0.05, 0.1) is 20.1 Å². The molecule has 0 saturated heterocycles. The maximum absolute atomic E-state index is 11.0. The number of nitro benzene ring substituents is 1. The first-order valence-electron chi connectivity index (χ1n) is 5.31. The third kappa shape index (κ3) is 3.11. The zero-order valence-corrected chi connectivity index (χ0v) is 12.2. The highest BCUT2D eigenvalue weighted by atomic mass is 127. The molecule has 0 aliphatic carbocycles. The van der Waals surface area contributed by atoms with E-state index in [1.54, 1.807) is 22.6 Å². The van der Waals surface area contributed by atoms with Gasteiger partial charge in [-0.15, -0.1) is 0 Å². The van der Waals surface area contributed by atoms with Crippen LogP contribution in [0.1, 0.15) is 16.1 Å². The Kier molecular flexibility index (Phi) is 4.08. The lowest BCUT2D eigenvalue weighted by Gasteiger charge is -2.06. The molecule has 0 amide bonds. The number of nitrogens with zero attached hydrogens (tertiary/aromatic N) is 2. The molecule has 106 valence electrons. The highest BCUT2D eigenvalue weighted by Crippen LogP contribution is 2.37. The van der Waals surface area contributed by atoms with Crippen LogP contribution in [0.15, 0.2) is 28.7 Å². The van der Waals surface area contributed by atoms with E-state index in [0.29, 0.717) is 3.57 Å². The van der Waals surface area contributed by atoms with E-state index in [4.69, 9.17) is 19.5 Å². The van der Waals surface area contributed by atoms with Crippen LogP contribution in [-0.4, -0.2) is 16.0 Å². The molecule has 1 aromatic heterocycles. The minimum atomic E-state index is -1.28. The standard InChI is InChI=1S/C12H5IN2O6/c13-7-3-6(5-14)4-8(15(18)19)11(7)21-10-2-1-9(20-10)12(16)17/h1-4H,(H,16,17). The molecule has 1 aromatic carbocycles. The van der Waals surface area contributed by atoms with Crippen molar-refractivity contribution in [2.24, 2.45) is 0 Å². The molecule has 0 atom stereocenters. The number of nitro groups is 1. The van der Waals surface area contributed by atoms with Gasteiger partial charge in [0.25, 0.3) is 5.95 Å². The number of furan rings is 1. The van der Waals surface area contributed by atoms with E-state index < -0.39 is 16.6 Å². The van der Waals surface area contributed by atoms with Crippen LogP contribution in [-0.2, 0) is 0 Å². The van der Waals surface area contributed by atoms with Gasteiger partial charge in [-0.2, -0.15) is 5.26 Å². The van der Waals surface area contributed by atoms with E-state index in [0.717, 1.165) is 6.07 Å². The average molecular weight is 400 g/mol. The van der Waals surface area contributed by atoms with Crippen molar-refractivity contribution in [2.45, 2.75) is 0 Å². The molecule has 2 rings (SSSR count). The van der Waals surface area contributed by atoms with Gasteiger partial charge in [0, 0.05) is 12.1 Å². The smallest absolute Gasteiger partial charge is 0.371 e. The molecule has 0 spiro atoms. The average Bonchev–Trinajstić information content (AvgIpc) is 2.89. The zero-order valence-electron chi connectivity index (χ0n) is 10.1. The third-order valence-electron chi connectivity index (χ3n) is 2.34. The summed E-state index contributed by atoms with van der Waals surface area (Å²) >= 11 is 1.78. The Morgan fingerprint density at radius 2 is 2.19 bits per heavy atom. The van der Waals surface area contributed by atoms with Crippen molar-refractivity contribution < 1.29 is 24.0 Å². The van der Waals surface area contributed by atoms with E-state index in [2.05, 4.69) is 0 Å². The van der Waals surface area contributed by atoms with E-state index >= 15 is 0 Å². The highest BCUT2D eigenvalue weighted by Gasteiger charge is 2.22. The van der Waals surface area contributed by atoms with Crippen molar-refractivity contribution in [2.75, 3.05) is 0 Å². The summed E-state index contributed by atoms with van der Waals surface area (Å²) in [6, 6.07) is 6.69. The number of benzene rings is 1. The molecule has 0 aliphatic rings. The number of nitriles is 1. The summed E-state index contributed by atoms with van der Waals surface area (Å²) in [6.45, 7) is 0. The molecule has 21 heavy (non-hydrogen) atoms. The molecule has 2 aromatic rings. The Morgan fingerprint density at radius 1 is 1.48 bits per heavy atom. The second-order valence-corrected chi connectivity index (χ2v) is 4.86. The number of aromatic carboxylic acids is 1. The van der Waals surface area contributed by atoms with Gasteiger partial charge in [-0.05, 0) is 34.7 Å². The fourth-order valence-corrected chi connectivity index (χ4v) is 2.19. The first kappa shape index (κ1) is 14.8. The number of carboxylic acid groups (broad SMARTS) is 1. The molecule has 0 aliphatic heterocycles. The van der Waals surface area contributed by atoms with Gasteiger partial charge in [0.15, 0.2) is 0 Å². The minimum Gasteiger partial charge on any atom is -0.475 e. The monoisotopic (exact) mass is 400 g/mol. The predicted molar refractivity (Wildman–Crippen MR) is 76.3 cm³/mol. The van der Waals surface area contributed by atoms with Gasteiger partial charge in [0.2, 0.25) is 11.5 Å². The van der Waals surface area contributed by atoms with Gasteiger partial charge in [-0.1, -0.05) is 0 Å². The SMILES string of the molecule is N#Cc1cc(I)c(Oc2ccc(C(=O)O)o2)c([N+](=O)[O-])c1. The largest absolute Gasteiger partial charge is 0.475 e. The number of hydrogen-bond donors (Lipinski definition) is 1. The van der Waals surface area contributed by atoms with Crippen LogP contribution in [0.2, 0.25) is 0 Å². The third-order valence-corrected chi connectivity index (χ3v) is 3.15. The van der Waals surface area contributed by atoms with Gasteiger partial charge in [0.1, 0.15) is 0 Å². The van der Waals surface area contributed by atoms with Crippen LogP contribution in [0.25, 0.3) is 0 Å². The topological polar surface area (TPSA) is 127 Å². The Bertz CT molecular complexity index is 777. The normalized spacial score (nSPS) is 9.90. The first-order valence-corrected chi connectivity index (χ1v) is 6.39. The lowest BCUT2D eigenvalue weighted by molar-refractivity contribution is -0.385. The van der Waals surface area contributed by atoms with Crippen LogP contribution in [0.4, 0.5) is 5.69 Å². The van der Waals surface area contributed by atoms with Crippen molar-refractivity contribution in [1.82, 2.24) is 0 Å². The molecular weight excluding hydrogens is 395 g/mol. The number of carbonyl (C=O) groups is 1. The van der Waals surface area contributed by atoms with Crippen molar-refractivity contribution >= 4 is 34.2 Å². The van der Waals surface area contributed by atoms with Crippen molar-refractivity contribution in [1.29, 1.82) is 5.26 Å². The van der Waals surface area contributed by atoms with Crippen LogP contribution < -0.4 is 4.74 Å². The van der Waals surface area contributed by atoms with Crippen molar-refractivity contribution in [3.8, 4) is 17.8 Å². The van der Waals surface area contributed by atoms with E-state index in [1.165, 1.54) is 18.2 Å². The molecule has 1 N–H and O–H groups in total. The minimum absolute atomic E-state index is 0.115. The zero-order chi connectivity index (χ0) is 15.6. The summed E-state index contributed by atoms with van der Waals surface area (Å²) in [7, 11) is 0. The summed E-state index contributed by atoms with van der Waals surface area (Å²) in [5, 5.41) is 28.6. The number of hydrogen-bond acceptors (Lipinski definition) is 6. The van der Waals surface area contributed by atoms with Crippen LogP contribution >= 0.6 is 22.6 Å². The molecule has 1 heterocycles. The fourth-order valence-electron chi connectivity index (χ4n) is 1.47. The predicted octanol–water partition coefficient (Wildman–Crippen LogP) is 3.15. The van der Waals surface area contributed by atoms with Crippen LogP contribution in [0, 0.1) is 25.0 Å². The summed E-state index contributed by atoms with van der Waals surface area (Å²) in [5.41, 5.74) is -0.296. The Balaban J connectivity index is 2.45. The van der Waals surface area contributed by atoms with Crippen LogP contribution in [0.5, 0.6) is 11.7 Å².